The molecule has 0 N–H and O–H groups in total. The molecular formula is C16H16N6O3S. The molecule has 0 fully saturated rings. The quantitative estimate of drug-likeness (QED) is 0.384. The molecule has 2 aromatic heterocycles. The van der Waals surface area contributed by atoms with Crippen LogP contribution in [0, 0.1) is 24.0 Å². The fraction of sp³-hybridized carbons (Fsp3) is 0.250. The van der Waals surface area contributed by atoms with Crippen molar-refractivity contribution in [3.63, 3.8) is 0 Å². The summed E-state index contributed by atoms with van der Waals surface area (Å²) in [4.78, 5) is 28.5. The molecule has 0 atom stereocenters. The summed E-state index contributed by atoms with van der Waals surface area (Å²) in [5, 5.41) is 19.5. The Kier molecular flexibility index (Phi) is 4.85. The van der Waals surface area contributed by atoms with E-state index in [4.69, 9.17) is 0 Å². The lowest BCUT2D eigenvalue weighted by atomic mass is 10.2. The number of fused-ring (bicyclic) bond motifs is 1. The number of anilines is 1. The van der Waals surface area contributed by atoms with E-state index >= 15 is 0 Å². The Morgan fingerprint density at radius 2 is 1.96 bits per heavy atom. The summed E-state index contributed by atoms with van der Waals surface area (Å²) >= 11 is 1.27. The van der Waals surface area contributed by atoms with Gasteiger partial charge in [0.25, 0.3) is 5.69 Å². The monoisotopic (exact) mass is 372 g/mol. The van der Waals surface area contributed by atoms with Crippen LogP contribution >= 0.6 is 11.8 Å². The van der Waals surface area contributed by atoms with Crippen LogP contribution in [0.5, 0.6) is 0 Å². The number of nitro benzene ring substituents is 1. The van der Waals surface area contributed by atoms with Crippen LogP contribution in [0.1, 0.15) is 11.5 Å². The van der Waals surface area contributed by atoms with E-state index in [9.17, 15) is 14.9 Å². The molecule has 0 saturated carbocycles. The van der Waals surface area contributed by atoms with Crippen LogP contribution in [0.15, 0.2) is 35.5 Å². The van der Waals surface area contributed by atoms with Gasteiger partial charge in [-0.2, -0.15) is 0 Å². The van der Waals surface area contributed by atoms with Crippen LogP contribution < -0.4 is 4.90 Å². The molecule has 1 amide bonds. The largest absolute Gasteiger partial charge is 0.315 e. The lowest BCUT2D eigenvalue weighted by Gasteiger charge is -2.16. The second kappa shape index (κ2) is 7.08. The molecule has 0 saturated heterocycles. The number of amides is 1. The second-order valence-corrected chi connectivity index (χ2v) is 6.58. The molecule has 9 nitrogen and oxygen atoms in total. The molecule has 2 heterocycles. The zero-order chi connectivity index (χ0) is 18.8. The van der Waals surface area contributed by atoms with Gasteiger partial charge < -0.3 is 4.90 Å². The third kappa shape index (κ3) is 3.49. The van der Waals surface area contributed by atoms with Gasteiger partial charge in [-0.05, 0) is 26.0 Å². The number of benzene rings is 1. The van der Waals surface area contributed by atoms with E-state index in [-0.39, 0.29) is 17.3 Å². The highest BCUT2D eigenvalue weighted by Crippen LogP contribution is 2.22. The van der Waals surface area contributed by atoms with Gasteiger partial charge in [0.05, 0.1) is 10.7 Å². The molecule has 3 aromatic rings. The summed E-state index contributed by atoms with van der Waals surface area (Å²) in [6, 6.07) is 7.66. The van der Waals surface area contributed by atoms with Crippen molar-refractivity contribution in [3.05, 3.63) is 52.0 Å². The summed E-state index contributed by atoms with van der Waals surface area (Å²) in [6.45, 7) is 3.75. The molecule has 1 aromatic carbocycles. The first-order chi connectivity index (χ1) is 12.4. The van der Waals surface area contributed by atoms with Crippen molar-refractivity contribution in [3.8, 4) is 0 Å². The first-order valence-corrected chi connectivity index (χ1v) is 8.68. The number of nitro groups is 1. The number of aromatic nitrogens is 4. The predicted molar refractivity (Wildman–Crippen MR) is 97.5 cm³/mol. The van der Waals surface area contributed by atoms with Gasteiger partial charge >= 0.3 is 0 Å². The third-order valence-electron chi connectivity index (χ3n) is 3.80. The van der Waals surface area contributed by atoms with E-state index in [1.54, 1.807) is 23.6 Å². The number of nitrogens with zero attached hydrogens (tertiary/aromatic N) is 6. The predicted octanol–water partition coefficient (Wildman–Crippen LogP) is 2.40. The number of rotatable bonds is 5. The molecule has 0 bridgehead atoms. The molecule has 0 unspecified atom stereocenters. The zero-order valence-electron chi connectivity index (χ0n) is 14.4. The molecule has 26 heavy (non-hydrogen) atoms. The molecule has 0 spiro atoms. The van der Waals surface area contributed by atoms with E-state index in [2.05, 4.69) is 15.2 Å². The van der Waals surface area contributed by atoms with Gasteiger partial charge in [0, 0.05) is 36.6 Å². The summed E-state index contributed by atoms with van der Waals surface area (Å²) in [7, 11) is 1.63. The highest BCUT2D eigenvalue weighted by molar-refractivity contribution is 7.99. The van der Waals surface area contributed by atoms with Gasteiger partial charge in [-0.3, -0.25) is 19.3 Å². The molecular weight excluding hydrogens is 356 g/mol. The minimum atomic E-state index is -0.476. The lowest BCUT2D eigenvalue weighted by molar-refractivity contribution is -0.384. The normalized spacial score (nSPS) is 10.9. The SMILES string of the molecule is Cc1cc2nnc(SCC(=O)N(C)c3ccc([N+](=O)[O-])cc3)n2c(C)n1. The second-order valence-electron chi connectivity index (χ2n) is 5.64. The fourth-order valence-corrected chi connectivity index (χ4v) is 3.36. The van der Waals surface area contributed by atoms with E-state index in [0.29, 0.717) is 16.5 Å². The Bertz CT molecular complexity index is 986. The van der Waals surface area contributed by atoms with Crippen molar-refractivity contribution in [2.45, 2.75) is 19.0 Å². The van der Waals surface area contributed by atoms with Crippen molar-refractivity contribution >= 4 is 34.7 Å². The van der Waals surface area contributed by atoms with Crippen LogP contribution in [0.2, 0.25) is 0 Å². The first kappa shape index (κ1) is 17.8. The topological polar surface area (TPSA) is 107 Å². The molecule has 0 radical (unpaired) electrons. The number of thioether (sulfide) groups is 1. The van der Waals surface area contributed by atoms with Gasteiger partial charge in [0.1, 0.15) is 5.82 Å². The van der Waals surface area contributed by atoms with E-state index in [1.807, 2.05) is 19.9 Å². The van der Waals surface area contributed by atoms with E-state index < -0.39 is 4.92 Å². The van der Waals surface area contributed by atoms with Crippen LogP contribution in [0.25, 0.3) is 5.65 Å². The number of carbonyl (C=O) groups is 1. The maximum atomic E-state index is 12.4. The summed E-state index contributed by atoms with van der Waals surface area (Å²) in [5.74, 6) is 0.753. The number of hydrogen-bond acceptors (Lipinski definition) is 7. The zero-order valence-corrected chi connectivity index (χ0v) is 15.2. The fourth-order valence-electron chi connectivity index (χ4n) is 2.46. The summed E-state index contributed by atoms with van der Waals surface area (Å²) < 4.78 is 1.80. The van der Waals surface area contributed by atoms with Gasteiger partial charge in [-0.1, -0.05) is 11.8 Å². The highest BCUT2D eigenvalue weighted by Gasteiger charge is 2.16. The molecule has 10 heteroatoms. The smallest absolute Gasteiger partial charge is 0.269 e. The van der Waals surface area contributed by atoms with Crippen LogP contribution in [0.4, 0.5) is 11.4 Å². The molecule has 3 rings (SSSR count). The summed E-state index contributed by atoms with van der Waals surface area (Å²) in [6.07, 6.45) is 0. The average Bonchev–Trinajstić information content (AvgIpc) is 3.02. The Balaban J connectivity index is 1.71. The van der Waals surface area contributed by atoms with Gasteiger partial charge in [0.2, 0.25) is 5.91 Å². The van der Waals surface area contributed by atoms with Crippen LogP contribution in [-0.2, 0) is 4.79 Å². The van der Waals surface area contributed by atoms with Crippen molar-refractivity contribution in [2.24, 2.45) is 0 Å². The Labute approximate surface area is 153 Å². The Morgan fingerprint density at radius 1 is 1.27 bits per heavy atom. The maximum Gasteiger partial charge on any atom is 0.269 e. The highest BCUT2D eigenvalue weighted by atomic mass is 32.2. The van der Waals surface area contributed by atoms with Crippen LogP contribution in [0.3, 0.4) is 0 Å². The first-order valence-electron chi connectivity index (χ1n) is 7.70. The number of carbonyl (C=O) groups excluding carboxylic acids is 1. The Hall–Kier alpha value is -3.01. The molecule has 0 aliphatic carbocycles. The van der Waals surface area contributed by atoms with Gasteiger partial charge in [-0.15, -0.1) is 10.2 Å². The summed E-state index contributed by atoms with van der Waals surface area (Å²) in [5.41, 5.74) is 2.11. The molecule has 0 aliphatic rings. The number of non-ortho nitro benzene ring substituents is 1. The lowest BCUT2D eigenvalue weighted by Crippen LogP contribution is -2.28. The number of aryl methyl sites for hydroxylation is 2. The van der Waals surface area contributed by atoms with E-state index in [0.717, 1.165) is 11.5 Å². The maximum absolute atomic E-state index is 12.4. The minimum absolute atomic E-state index is 0.0165. The molecule has 0 aliphatic heterocycles. The van der Waals surface area contributed by atoms with E-state index in [1.165, 1.54) is 28.8 Å². The van der Waals surface area contributed by atoms with Crippen molar-refractivity contribution in [2.75, 3.05) is 17.7 Å². The van der Waals surface area contributed by atoms with Crippen LogP contribution in [-0.4, -0.2) is 43.2 Å². The average molecular weight is 372 g/mol. The number of hydrogen-bond donors (Lipinski definition) is 0. The van der Waals surface area contributed by atoms with Crippen molar-refractivity contribution in [1.82, 2.24) is 19.6 Å². The standard InChI is InChI=1S/C16H16N6O3S/c1-10-8-14-18-19-16(21(14)11(2)17-10)26-9-15(23)20(3)12-4-6-13(7-5-12)22(24)25/h4-8H,9H2,1-3H3. The third-order valence-corrected chi connectivity index (χ3v) is 4.72. The van der Waals surface area contributed by atoms with Crippen molar-refractivity contribution < 1.29 is 9.72 Å². The van der Waals surface area contributed by atoms with Gasteiger partial charge in [0.15, 0.2) is 10.8 Å². The van der Waals surface area contributed by atoms with Crippen molar-refractivity contribution in [1.29, 1.82) is 0 Å². The van der Waals surface area contributed by atoms with Gasteiger partial charge in [-0.25, -0.2) is 4.98 Å². The molecule has 134 valence electrons. The minimum Gasteiger partial charge on any atom is -0.315 e. The Morgan fingerprint density at radius 3 is 2.62 bits per heavy atom.